The molecule has 22 heavy (non-hydrogen) atoms. The monoisotopic (exact) mass is 311 g/mol. The van der Waals surface area contributed by atoms with Crippen LogP contribution in [0.4, 0.5) is 0 Å². The molecule has 8 heteroatoms. The normalized spacial score (nSPS) is 10.8. The third-order valence-corrected chi connectivity index (χ3v) is 2.90. The lowest BCUT2D eigenvalue weighted by molar-refractivity contribution is -0.129. The first kappa shape index (κ1) is 17.9. The highest BCUT2D eigenvalue weighted by atomic mass is 16.5. The van der Waals surface area contributed by atoms with E-state index in [1.165, 1.54) is 6.21 Å². The summed E-state index contributed by atoms with van der Waals surface area (Å²) in [6.45, 7) is -0.180. The summed E-state index contributed by atoms with van der Waals surface area (Å²) in [6.07, 6.45) is 5.03. The van der Waals surface area contributed by atoms with Gasteiger partial charge >= 0.3 is 0 Å². The molecule has 0 fully saturated rings. The van der Waals surface area contributed by atoms with Crippen molar-refractivity contribution in [2.45, 2.75) is 45.1 Å². The predicted octanol–water partition coefficient (Wildman–Crippen LogP) is 1.07. The van der Waals surface area contributed by atoms with Crippen molar-refractivity contribution in [3.05, 3.63) is 23.7 Å². The quantitative estimate of drug-likeness (QED) is 0.223. The molecule has 1 rings (SSSR count). The summed E-state index contributed by atoms with van der Waals surface area (Å²) in [6, 6.07) is 3.27. The first-order valence-corrected chi connectivity index (χ1v) is 7.10. The minimum atomic E-state index is -0.394. The Labute approximate surface area is 128 Å². The minimum absolute atomic E-state index is 0.180. The topological polar surface area (TPSA) is 124 Å². The van der Waals surface area contributed by atoms with Crippen LogP contribution in [-0.4, -0.2) is 28.3 Å². The summed E-state index contributed by atoms with van der Waals surface area (Å²) in [5.74, 6) is 0.293. The molecule has 4 N–H and O–H groups in total. The molecular formula is C14H21N3O5. The van der Waals surface area contributed by atoms with Crippen LogP contribution in [-0.2, 0) is 16.2 Å². The number of unbranched alkanes of at least 4 members (excludes halogenated alkanes) is 3. The summed E-state index contributed by atoms with van der Waals surface area (Å²) in [7, 11) is 0. The van der Waals surface area contributed by atoms with Gasteiger partial charge in [0.1, 0.15) is 18.1 Å². The van der Waals surface area contributed by atoms with E-state index in [0.717, 1.165) is 12.8 Å². The van der Waals surface area contributed by atoms with E-state index in [2.05, 4.69) is 10.5 Å². The molecular weight excluding hydrogens is 290 g/mol. The molecule has 0 bridgehead atoms. The van der Waals surface area contributed by atoms with Crippen LogP contribution in [0.15, 0.2) is 21.7 Å². The van der Waals surface area contributed by atoms with E-state index < -0.39 is 5.91 Å². The second-order valence-corrected chi connectivity index (χ2v) is 4.70. The van der Waals surface area contributed by atoms with Crippen molar-refractivity contribution in [1.29, 1.82) is 0 Å². The van der Waals surface area contributed by atoms with Crippen LogP contribution in [0.5, 0.6) is 0 Å². The van der Waals surface area contributed by atoms with Crippen LogP contribution in [0.1, 0.15) is 50.0 Å². The summed E-state index contributed by atoms with van der Waals surface area (Å²) in [5.41, 5.74) is 3.96. The van der Waals surface area contributed by atoms with Crippen molar-refractivity contribution in [2.24, 2.45) is 5.10 Å². The molecule has 0 aliphatic rings. The maximum atomic E-state index is 11.5. The molecule has 0 radical (unpaired) electrons. The van der Waals surface area contributed by atoms with Crippen LogP contribution >= 0.6 is 0 Å². The largest absolute Gasteiger partial charge is 0.458 e. The van der Waals surface area contributed by atoms with E-state index >= 15 is 0 Å². The van der Waals surface area contributed by atoms with Gasteiger partial charge in [-0.05, 0) is 25.0 Å². The Morgan fingerprint density at radius 2 is 1.82 bits per heavy atom. The zero-order chi connectivity index (χ0) is 16.2. The number of aliphatic hydroxyl groups is 1. The fourth-order valence-electron chi connectivity index (χ4n) is 1.75. The Morgan fingerprint density at radius 1 is 1.14 bits per heavy atom. The van der Waals surface area contributed by atoms with E-state index in [0.29, 0.717) is 30.8 Å². The van der Waals surface area contributed by atoms with Gasteiger partial charge < -0.3 is 9.52 Å². The molecule has 0 aliphatic carbocycles. The molecule has 0 atom stereocenters. The number of hydrazone groups is 1. The molecule has 1 aromatic rings. The number of nitrogens with zero attached hydrogens (tertiary/aromatic N) is 1. The smallest absolute Gasteiger partial charge is 0.243 e. The average Bonchev–Trinajstić information content (AvgIpc) is 2.98. The van der Waals surface area contributed by atoms with Crippen molar-refractivity contribution in [1.82, 2.24) is 10.9 Å². The molecule has 0 unspecified atom stereocenters. The van der Waals surface area contributed by atoms with Gasteiger partial charge in [-0.2, -0.15) is 5.10 Å². The van der Waals surface area contributed by atoms with Crippen molar-refractivity contribution < 1.29 is 24.3 Å². The molecule has 0 spiro atoms. The zero-order valence-electron chi connectivity index (χ0n) is 12.2. The molecule has 0 aromatic carbocycles. The summed E-state index contributed by atoms with van der Waals surface area (Å²) < 4.78 is 5.17. The van der Waals surface area contributed by atoms with Crippen LogP contribution in [0.25, 0.3) is 0 Å². The maximum absolute atomic E-state index is 11.5. The number of carbonyl (C=O) groups excluding carboxylic acids is 2. The number of nitrogens with one attached hydrogen (secondary N) is 2. The molecule has 0 aliphatic heterocycles. The highest BCUT2D eigenvalue weighted by Gasteiger charge is 2.02. The molecule has 8 nitrogen and oxygen atoms in total. The maximum Gasteiger partial charge on any atom is 0.243 e. The SMILES string of the molecule is O=C(CCCCCCC(=O)N/N=C/c1ccc(CO)o1)NO. The number of furan rings is 1. The van der Waals surface area contributed by atoms with Gasteiger partial charge in [-0.15, -0.1) is 0 Å². The molecule has 122 valence electrons. The third kappa shape index (κ3) is 7.55. The van der Waals surface area contributed by atoms with Crippen LogP contribution in [0.2, 0.25) is 0 Å². The molecule has 0 saturated heterocycles. The Kier molecular flexibility index (Phi) is 8.54. The lowest BCUT2D eigenvalue weighted by Crippen LogP contribution is -2.18. The van der Waals surface area contributed by atoms with Crippen LogP contribution in [0, 0.1) is 0 Å². The van der Waals surface area contributed by atoms with E-state index in [-0.39, 0.29) is 18.9 Å². The van der Waals surface area contributed by atoms with Gasteiger partial charge in [-0.25, -0.2) is 10.9 Å². The van der Waals surface area contributed by atoms with Crippen LogP contribution < -0.4 is 10.9 Å². The number of hydrogen-bond donors (Lipinski definition) is 4. The van der Waals surface area contributed by atoms with Gasteiger partial charge in [0, 0.05) is 12.8 Å². The highest BCUT2D eigenvalue weighted by molar-refractivity contribution is 5.80. The van der Waals surface area contributed by atoms with Gasteiger partial charge in [0.2, 0.25) is 11.8 Å². The third-order valence-electron chi connectivity index (χ3n) is 2.90. The number of aliphatic hydroxyl groups excluding tert-OH is 1. The van der Waals surface area contributed by atoms with Gasteiger partial charge in [-0.1, -0.05) is 12.8 Å². The number of amides is 2. The first-order chi connectivity index (χ1) is 10.7. The lowest BCUT2D eigenvalue weighted by Gasteiger charge is -2.01. The molecule has 1 aromatic heterocycles. The Morgan fingerprint density at radius 3 is 2.41 bits per heavy atom. The number of rotatable bonds is 10. The second-order valence-electron chi connectivity index (χ2n) is 4.70. The van der Waals surface area contributed by atoms with E-state index in [4.69, 9.17) is 14.7 Å². The fourth-order valence-corrected chi connectivity index (χ4v) is 1.75. The van der Waals surface area contributed by atoms with Crippen molar-refractivity contribution in [3.8, 4) is 0 Å². The standard InChI is InChI=1S/C14H21N3O5/c18-10-12-8-7-11(22-12)9-15-16-13(19)5-3-1-2-4-6-14(20)17-21/h7-9,18,21H,1-6,10H2,(H,16,19)(H,17,20)/b15-9+. The fraction of sp³-hybridized carbons (Fsp3) is 0.500. The Hall–Kier alpha value is -2.19. The number of carbonyl (C=O) groups is 2. The van der Waals surface area contributed by atoms with E-state index in [1.807, 2.05) is 0 Å². The summed E-state index contributed by atoms with van der Waals surface area (Å²) in [4.78, 5) is 22.2. The second kappa shape index (κ2) is 10.5. The van der Waals surface area contributed by atoms with E-state index in [1.54, 1.807) is 17.6 Å². The summed E-state index contributed by atoms with van der Waals surface area (Å²) >= 11 is 0. The van der Waals surface area contributed by atoms with Crippen molar-refractivity contribution in [2.75, 3.05) is 0 Å². The predicted molar refractivity (Wildman–Crippen MR) is 78.0 cm³/mol. The number of hydrogen-bond acceptors (Lipinski definition) is 6. The Bertz CT molecular complexity index is 498. The Balaban J connectivity index is 2.07. The highest BCUT2D eigenvalue weighted by Crippen LogP contribution is 2.06. The minimum Gasteiger partial charge on any atom is -0.458 e. The van der Waals surface area contributed by atoms with Gasteiger partial charge in [-0.3, -0.25) is 14.8 Å². The van der Waals surface area contributed by atoms with E-state index in [9.17, 15) is 9.59 Å². The van der Waals surface area contributed by atoms with Gasteiger partial charge in [0.25, 0.3) is 0 Å². The zero-order valence-corrected chi connectivity index (χ0v) is 12.2. The number of hydroxylamine groups is 1. The first-order valence-electron chi connectivity index (χ1n) is 7.10. The summed E-state index contributed by atoms with van der Waals surface area (Å²) in [5, 5.41) is 20.9. The average molecular weight is 311 g/mol. The lowest BCUT2D eigenvalue weighted by atomic mass is 10.1. The molecule has 0 saturated carbocycles. The van der Waals surface area contributed by atoms with Crippen LogP contribution in [0.3, 0.4) is 0 Å². The van der Waals surface area contributed by atoms with Crippen molar-refractivity contribution >= 4 is 18.0 Å². The molecule has 1 heterocycles. The molecule has 2 amide bonds. The van der Waals surface area contributed by atoms with Gasteiger partial charge in [0.05, 0.1) is 6.21 Å². The van der Waals surface area contributed by atoms with Crippen molar-refractivity contribution in [3.63, 3.8) is 0 Å². The van der Waals surface area contributed by atoms with Gasteiger partial charge in [0.15, 0.2) is 0 Å².